The number of rotatable bonds is 10. The predicted molar refractivity (Wildman–Crippen MR) is 136 cm³/mol. The molecule has 1 aromatic carbocycles. The topological polar surface area (TPSA) is 94.3 Å². The van der Waals surface area contributed by atoms with E-state index >= 15 is 0 Å². The minimum Gasteiger partial charge on any atom is -0.295 e. The average Bonchev–Trinajstić information content (AvgIpc) is 3.20. The largest absolute Gasteiger partial charge is 0.328 e. The molecule has 1 fully saturated rings. The Balaban J connectivity index is 1.56. The summed E-state index contributed by atoms with van der Waals surface area (Å²) < 4.78 is 3.98. The van der Waals surface area contributed by atoms with Crippen LogP contribution < -0.4 is 5.69 Å². The lowest BCUT2D eigenvalue weighted by Gasteiger charge is -2.14. The highest BCUT2D eigenvalue weighted by atomic mass is 16.1. The molecule has 0 radical (unpaired) electrons. The Morgan fingerprint density at radius 3 is 2.57 bits per heavy atom. The van der Waals surface area contributed by atoms with E-state index in [4.69, 9.17) is 0 Å². The molecule has 1 N–H and O–H groups in total. The fraction of sp³-hybridized carbons (Fsp3) is 0.444. The molecule has 8 nitrogen and oxygen atoms in total. The van der Waals surface area contributed by atoms with Crippen molar-refractivity contribution in [1.29, 1.82) is 0 Å². The standard InChI is InChI=1S/C27H33N7O/c1-4-7-10-20-18-34(24-15-27(24,5-2)6-3)26(35)33(20)17-19-16-28-14-13-21(19)22-11-8-9-12-23(22)25-29-31-32-30-25/h8-9,11-14,16,18,24H,4-7,10,15,17H2,1-3H3,(H,29,30,31,32). The maximum Gasteiger partial charge on any atom is 0.328 e. The van der Waals surface area contributed by atoms with Gasteiger partial charge in [-0.25, -0.2) is 4.79 Å². The van der Waals surface area contributed by atoms with E-state index in [1.807, 2.05) is 39.6 Å². The molecule has 1 aliphatic rings. The zero-order valence-electron chi connectivity index (χ0n) is 20.7. The SMILES string of the molecule is CCCCc1cn(C2CC2(CC)CC)c(=O)n1Cc1cnccc1-c1ccccc1-c1nn[nH]n1. The van der Waals surface area contributed by atoms with Gasteiger partial charge in [-0.3, -0.25) is 14.1 Å². The Hall–Kier alpha value is -3.55. The summed E-state index contributed by atoms with van der Waals surface area (Å²) in [4.78, 5) is 18.1. The number of tetrazole rings is 1. The predicted octanol–water partition coefficient (Wildman–Crippen LogP) is 5.03. The number of hydrogen-bond acceptors (Lipinski definition) is 5. The number of nitrogens with zero attached hydrogens (tertiary/aromatic N) is 6. The first-order valence-corrected chi connectivity index (χ1v) is 12.7. The van der Waals surface area contributed by atoms with Crippen LogP contribution in [0.25, 0.3) is 22.5 Å². The molecular weight excluding hydrogens is 438 g/mol. The van der Waals surface area contributed by atoms with E-state index in [-0.39, 0.29) is 11.1 Å². The van der Waals surface area contributed by atoms with E-state index in [1.165, 1.54) is 0 Å². The fourth-order valence-corrected chi connectivity index (χ4v) is 5.40. The molecule has 5 rings (SSSR count). The van der Waals surface area contributed by atoms with Gasteiger partial charge in [-0.15, -0.1) is 10.2 Å². The van der Waals surface area contributed by atoms with Crippen LogP contribution >= 0.6 is 0 Å². The van der Waals surface area contributed by atoms with Crippen molar-refractivity contribution < 1.29 is 0 Å². The van der Waals surface area contributed by atoms with E-state index in [1.54, 1.807) is 6.20 Å². The molecule has 1 aliphatic carbocycles. The van der Waals surface area contributed by atoms with Crippen molar-refractivity contribution in [1.82, 2.24) is 34.7 Å². The molecule has 0 bridgehead atoms. The molecule has 0 spiro atoms. The van der Waals surface area contributed by atoms with Crippen LogP contribution in [0, 0.1) is 5.41 Å². The molecule has 1 unspecified atom stereocenters. The summed E-state index contributed by atoms with van der Waals surface area (Å²) in [6.45, 7) is 7.15. The van der Waals surface area contributed by atoms with Crippen LogP contribution in [0.3, 0.4) is 0 Å². The van der Waals surface area contributed by atoms with Gasteiger partial charge < -0.3 is 0 Å². The number of H-pyrrole nitrogens is 1. The number of aryl methyl sites for hydroxylation is 1. The highest BCUT2D eigenvalue weighted by Crippen LogP contribution is 2.60. The molecule has 1 atom stereocenters. The van der Waals surface area contributed by atoms with Crippen LogP contribution in [0.1, 0.15) is 70.2 Å². The van der Waals surface area contributed by atoms with Crippen molar-refractivity contribution in [2.75, 3.05) is 0 Å². The van der Waals surface area contributed by atoms with E-state index in [0.717, 1.165) is 66.5 Å². The van der Waals surface area contributed by atoms with Crippen LogP contribution in [0.5, 0.6) is 0 Å². The van der Waals surface area contributed by atoms with Crippen LogP contribution in [0.15, 0.2) is 53.7 Å². The number of aromatic nitrogens is 7. The number of hydrogen-bond donors (Lipinski definition) is 1. The molecule has 1 saturated carbocycles. The summed E-state index contributed by atoms with van der Waals surface area (Å²) in [5.74, 6) is 0.541. The lowest BCUT2D eigenvalue weighted by Crippen LogP contribution is -2.26. The first kappa shape index (κ1) is 23.2. The second-order valence-electron chi connectivity index (χ2n) is 9.60. The van der Waals surface area contributed by atoms with Gasteiger partial charge in [-0.2, -0.15) is 5.21 Å². The summed E-state index contributed by atoms with van der Waals surface area (Å²) in [6, 6.07) is 10.3. The van der Waals surface area contributed by atoms with Gasteiger partial charge in [0.15, 0.2) is 0 Å². The average molecular weight is 472 g/mol. The van der Waals surface area contributed by atoms with Crippen molar-refractivity contribution in [3.8, 4) is 22.5 Å². The smallest absolute Gasteiger partial charge is 0.295 e. The third kappa shape index (κ3) is 4.22. The second kappa shape index (κ2) is 9.60. The Morgan fingerprint density at radius 2 is 1.89 bits per heavy atom. The molecule has 3 heterocycles. The van der Waals surface area contributed by atoms with Gasteiger partial charge >= 0.3 is 5.69 Å². The second-order valence-corrected chi connectivity index (χ2v) is 9.60. The molecule has 182 valence electrons. The van der Waals surface area contributed by atoms with Gasteiger partial charge in [0.25, 0.3) is 0 Å². The zero-order valence-corrected chi connectivity index (χ0v) is 20.7. The van der Waals surface area contributed by atoms with Crippen molar-refractivity contribution >= 4 is 0 Å². The summed E-state index contributed by atoms with van der Waals surface area (Å²) in [5, 5.41) is 14.6. The monoisotopic (exact) mass is 471 g/mol. The molecular formula is C27H33N7O. The number of aromatic amines is 1. The third-order valence-electron chi connectivity index (χ3n) is 7.80. The first-order valence-electron chi connectivity index (χ1n) is 12.7. The maximum absolute atomic E-state index is 13.7. The van der Waals surface area contributed by atoms with Gasteiger partial charge in [0.2, 0.25) is 5.82 Å². The van der Waals surface area contributed by atoms with Crippen molar-refractivity contribution in [3.63, 3.8) is 0 Å². The van der Waals surface area contributed by atoms with Crippen LogP contribution in [0.2, 0.25) is 0 Å². The molecule has 0 amide bonds. The Labute approximate surface area is 205 Å². The normalized spacial score (nSPS) is 16.5. The summed E-state index contributed by atoms with van der Waals surface area (Å²) in [6.07, 6.45) is 12.1. The molecule has 3 aromatic heterocycles. The van der Waals surface area contributed by atoms with E-state index in [9.17, 15) is 4.79 Å². The lowest BCUT2D eigenvalue weighted by molar-refractivity contribution is 0.410. The molecule has 0 aliphatic heterocycles. The maximum atomic E-state index is 13.7. The highest BCUT2D eigenvalue weighted by Gasteiger charge is 2.53. The Morgan fingerprint density at radius 1 is 1.09 bits per heavy atom. The van der Waals surface area contributed by atoms with Gasteiger partial charge in [-0.1, -0.05) is 51.5 Å². The first-order chi connectivity index (χ1) is 17.1. The number of imidazole rings is 1. The number of pyridine rings is 1. The summed E-state index contributed by atoms with van der Waals surface area (Å²) >= 11 is 0. The number of benzene rings is 1. The van der Waals surface area contributed by atoms with Crippen molar-refractivity contribution in [2.45, 2.75) is 71.9 Å². The van der Waals surface area contributed by atoms with Crippen LogP contribution in [0.4, 0.5) is 0 Å². The Kier molecular flexibility index (Phi) is 6.36. The molecule has 35 heavy (non-hydrogen) atoms. The number of nitrogens with one attached hydrogen (secondary N) is 1. The lowest BCUT2D eigenvalue weighted by atomic mass is 9.96. The van der Waals surface area contributed by atoms with Gasteiger partial charge in [-0.05, 0) is 65.5 Å². The highest BCUT2D eigenvalue weighted by molar-refractivity contribution is 5.81. The van der Waals surface area contributed by atoms with E-state index < -0.39 is 0 Å². The summed E-state index contributed by atoms with van der Waals surface area (Å²) in [7, 11) is 0. The third-order valence-corrected chi connectivity index (χ3v) is 7.80. The molecule has 8 heteroatoms. The van der Waals surface area contributed by atoms with Crippen molar-refractivity contribution in [2.24, 2.45) is 5.41 Å². The molecule has 4 aromatic rings. The summed E-state index contributed by atoms with van der Waals surface area (Å²) in [5.41, 5.74) is 5.35. The van der Waals surface area contributed by atoms with Gasteiger partial charge in [0, 0.05) is 35.9 Å². The van der Waals surface area contributed by atoms with Crippen molar-refractivity contribution in [3.05, 3.63) is 70.7 Å². The zero-order chi connectivity index (χ0) is 24.4. The van der Waals surface area contributed by atoms with Gasteiger partial charge in [0.1, 0.15) is 0 Å². The van der Waals surface area contributed by atoms with Crippen LogP contribution in [-0.2, 0) is 13.0 Å². The van der Waals surface area contributed by atoms with Gasteiger partial charge in [0.05, 0.1) is 6.54 Å². The number of unbranched alkanes of at least 4 members (excludes halogenated alkanes) is 1. The minimum absolute atomic E-state index is 0.0890. The minimum atomic E-state index is 0.0890. The fourth-order valence-electron chi connectivity index (χ4n) is 5.40. The van der Waals surface area contributed by atoms with E-state index in [2.05, 4.69) is 58.6 Å². The quantitative estimate of drug-likeness (QED) is 0.350. The van der Waals surface area contributed by atoms with E-state index in [0.29, 0.717) is 18.4 Å². The van der Waals surface area contributed by atoms with Crippen LogP contribution in [-0.4, -0.2) is 34.7 Å². The molecule has 0 saturated heterocycles. The Bertz CT molecular complexity index is 1350.